The first-order chi connectivity index (χ1) is 11.6. The zero-order chi connectivity index (χ0) is 17.1. The van der Waals surface area contributed by atoms with Gasteiger partial charge in [-0.25, -0.2) is 0 Å². The number of nitrogens with zero attached hydrogens (tertiary/aromatic N) is 1. The molecule has 3 rings (SSSR count). The van der Waals surface area contributed by atoms with Crippen molar-refractivity contribution in [3.05, 3.63) is 40.5 Å². The lowest BCUT2D eigenvalue weighted by atomic mass is 10.1. The number of amides is 2. The molecule has 128 valence electrons. The molecule has 0 radical (unpaired) electrons. The van der Waals surface area contributed by atoms with Gasteiger partial charge in [0.25, 0.3) is 5.91 Å². The predicted octanol–water partition coefficient (Wildman–Crippen LogP) is 2.58. The lowest BCUT2D eigenvalue weighted by molar-refractivity contribution is -0.120. The quantitative estimate of drug-likeness (QED) is 0.858. The van der Waals surface area contributed by atoms with Gasteiger partial charge in [0.1, 0.15) is 5.00 Å². The molecule has 24 heavy (non-hydrogen) atoms. The van der Waals surface area contributed by atoms with Crippen LogP contribution in [-0.4, -0.2) is 34.7 Å². The highest BCUT2D eigenvalue weighted by molar-refractivity contribution is 7.98. The van der Waals surface area contributed by atoms with E-state index < -0.39 is 0 Å². The van der Waals surface area contributed by atoms with Crippen molar-refractivity contribution in [1.29, 1.82) is 0 Å². The number of thiophene rings is 1. The van der Waals surface area contributed by atoms with Crippen molar-refractivity contribution in [1.82, 2.24) is 15.2 Å². The van der Waals surface area contributed by atoms with E-state index in [9.17, 15) is 9.59 Å². The highest BCUT2D eigenvalue weighted by Crippen LogP contribution is 2.38. The van der Waals surface area contributed by atoms with Crippen LogP contribution in [0.2, 0.25) is 0 Å². The smallest absolute Gasteiger partial charge is 0.255 e. The molecule has 0 aromatic carbocycles. The Labute approximate surface area is 149 Å². The van der Waals surface area contributed by atoms with E-state index in [1.165, 1.54) is 4.88 Å². The summed E-state index contributed by atoms with van der Waals surface area (Å²) < 4.78 is 1.98. The third-order valence-electron chi connectivity index (χ3n) is 3.73. The summed E-state index contributed by atoms with van der Waals surface area (Å²) in [5.41, 5.74) is 1.87. The second kappa shape index (κ2) is 7.44. The largest absolute Gasteiger partial charge is 0.352 e. The van der Waals surface area contributed by atoms with Gasteiger partial charge in [0.15, 0.2) is 0 Å². The lowest BCUT2D eigenvalue weighted by Gasteiger charge is -2.13. The second-order valence-corrected chi connectivity index (χ2v) is 8.17. The van der Waals surface area contributed by atoms with Gasteiger partial charge in [0.05, 0.1) is 12.1 Å². The number of carbonyl (C=O) groups is 2. The lowest BCUT2D eigenvalue weighted by Crippen LogP contribution is -2.40. The maximum absolute atomic E-state index is 12.8. The molecule has 0 atom stereocenters. The maximum atomic E-state index is 12.8. The minimum Gasteiger partial charge on any atom is -0.352 e. The van der Waals surface area contributed by atoms with Crippen LogP contribution >= 0.6 is 23.1 Å². The van der Waals surface area contributed by atoms with Gasteiger partial charge >= 0.3 is 0 Å². The van der Waals surface area contributed by atoms with Crippen LogP contribution in [0.3, 0.4) is 0 Å². The Morgan fingerprint density at radius 2 is 2.04 bits per heavy atom. The number of fused-ring (bicyclic) bond motifs is 1. The molecular weight excluding hydrogens is 342 g/mol. The number of nitrogens with one attached hydrogen (secondary N) is 2. The van der Waals surface area contributed by atoms with E-state index in [-0.39, 0.29) is 24.4 Å². The van der Waals surface area contributed by atoms with Crippen molar-refractivity contribution < 1.29 is 9.59 Å². The Bertz CT molecular complexity index is 735. The number of hydrogen-bond donors (Lipinski definition) is 2. The summed E-state index contributed by atoms with van der Waals surface area (Å²) in [4.78, 5) is 25.8. The molecule has 0 unspecified atom stereocenters. The summed E-state index contributed by atoms with van der Waals surface area (Å²) >= 11 is 3.57. The number of rotatable bonds is 5. The van der Waals surface area contributed by atoms with Crippen LogP contribution in [0.4, 0.5) is 0 Å². The van der Waals surface area contributed by atoms with E-state index >= 15 is 0 Å². The van der Waals surface area contributed by atoms with E-state index in [4.69, 9.17) is 0 Å². The molecule has 0 saturated carbocycles. The zero-order valence-corrected chi connectivity index (χ0v) is 15.4. The van der Waals surface area contributed by atoms with Crippen molar-refractivity contribution in [2.45, 2.75) is 32.1 Å². The SMILES string of the molecule is CC(C)NC(=O)CNC(=O)c1c(-n2cccc2)sc2c1CCSC2. The molecule has 0 bridgehead atoms. The fraction of sp³-hybridized carbons (Fsp3) is 0.412. The zero-order valence-electron chi connectivity index (χ0n) is 13.8. The Morgan fingerprint density at radius 3 is 2.75 bits per heavy atom. The summed E-state index contributed by atoms with van der Waals surface area (Å²) in [5, 5.41) is 6.51. The molecule has 2 N–H and O–H groups in total. The first-order valence-electron chi connectivity index (χ1n) is 7.99. The average molecular weight is 364 g/mol. The van der Waals surface area contributed by atoms with Crippen molar-refractivity contribution in [3.8, 4) is 5.00 Å². The normalized spacial score (nSPS) is 13.6. The molecule has 0 fully saturated rings. The minimum atomic E-state index is -0.166. The van der Waals surface area contributed by atoms with Crippen molar-refractivity contribution in [2.24, 2.45) is 0 Å². The highest BCUT2D eigenvalue weighted by Gasteiger charge is 2.26. The van der Waals surface area contributed by atoms with Gasteiger partial charge in [0.2, 0.25) is 5.91 Å². The molecule has 0 aliphatic carbocycles. The topological polar surface area (TPSA) is 63.1 Å². The molecule has 7 heteroatoms. The second-order valence-electron chi connectivity index (χ2n) is 5.98. The van der Waals surface area contributed by atoms with E-state index in [1.54, 1.807) is 11.3 Å². The number of aromatic nitrogens is 1. The fourth-order valence-corrected chi connectivity index (χ4v) is 5.17. The summed E-state index contributed by atoms with van der Waals surface area (Å²) in [5.74, 6) is 1.65. The molecule has 3 heterocycles. The van der Waals surface area contributed by atoms with Crippen molar-refractivity contribution in [3.63, 3.8) is 0 Å². The van der Waals surface area contributed by atoms with Crippen LogP contribution in [0.1, 0.15) is 34.6 Å². The fourth-order valence-electron chi connectivity index (χ4n) is 2.73. The van der Waals surface area contributed by atoms with Gasteiger partial charge in [0, 0.05) is 29.1 Å². The van der Waals surface area contributed by atoms with Gasteiger partial charge in [-0.15, -0.1) is 11.3 Å². The van der Waals surface area contributed by atoms with Gasteiger partial charge < -0.3 is 15.2 Å². The summed E-state index contributed by atoms with van der Waals surface area (Å²) in [7, 11) is 0. The van der Waals surface area contributed by atoms with Crippen molar-refractivity contribution >= 4 is 34.9 Å². The van der Waals surface area contributed by atoms with Crippen LogP contribution in [0, 0.1) is 0 Å². The van der Waals surface area contributed by atoms with Crippen LogP contribution in [-0.2, 0) is 17.0 Å². The number of thioether (sulfide) groups is 1. The Kier molecular flexibility index (Phi) is 5.30. The number of hydrogen-bond acceptors (Lipinski definition) is 4. The van der Waals surface area contributed by atoms with E-state index in [2.05, 4.69) is 10.6 Å². The summed E-state index contributed by atoms with van der Waals surface area (Å²) in [6, 6.07) is 3.96. The Balaban J connectivity index is 1.84. The summed E-state index contributed by atoms with van der Waals surface area (Å²) in [6.45, 7) is 3.80. The Hall–Kier alpha value is -1.73. The average Bonchev–Trinajstić information content (AvgIpc) is 3.18. The molecule has 1 aliphatic rings. The monoisotopic (exact) mass is 363 g/mol. The van der Waals surface area contributed by atoms with Crippen LogP contribution in [0.5, 0.6) is 0 Å². The number of carbonyl (C=O) groups excluding carboxylic acids is 2. The van der Waals surface area contributed by atoms with E-state index in [0.717, 1.165) is 34.1 Å². The van der Waals surface area contributed by atoms with Gasteiger partial charge in [-0.1, -0.05) is 0 Å². The molecule has 0 spiro atoms. The first kappa shape index (κ1) is 17.1. The molecule has 1 aliphatic heterocycles. The third kappa shape index (κ3) is 3.67. The molecule has 2 aromatic heterocycles. The first-order valence-corrected chi connectivity index (χ1v) is 9.96. The van der Waals surface area contributed by atoms with Gasteiger partial charge in [-0.3, -0.25) is 9.59 Å². The maximum Gasteiger partial charge on any atom is 0.255 e. The standard InChI is InChI=1S/C17H21N3O2S2/c1-11(2)19-14(21)9-18-16(22)15-12-5-8-23-10-13(12)24-17(15)20-6-3-4-7-20/h3-4,6-7,11H,5,8-10H2,1-2H3,(H,18,22)(H,19,21). The van der Waals surface area contributed by atoms with Crippen LogP contribution < -0.4 is 10.6 Å². The van der Waals surface area contributed by atoms with Crippen LogP contribution in [0.25, 0.3) is 5.00 Å². The predicted molar refractivity (Wildman–Crippen MR) is 99.1 cm³/mol. The summed E-state index contributed by atoms with van der Waals surface area (Å²) in [6.07, 6.45) is 4.80. The van der Waals surface area contributed by atoms with Gasteiger partial charge in [-0.05, 0) is 43.7 Å². The van der Waals surface area contributed by atoms with Crippen molar-refractivity contribution in [2.75, 3.05) is 12.3 Å². The van der Waals surface area contributed by atoms with Gasteiger partial charge in [-0.2, -0.15) is 11.8 Å². The highest BCUT2D eigenvalue weighted by atomic mass is 32.2. The molecular formula is C17H21N3O2S2. The molecule has 5 nitrogen and oxygen atoms in total. The minimum absolute atomic E-state index is 0.00149. The Morgan fingerprint density at radius 1 is 1.29 bits per heavy atom. The van der Waals surface area contributed by atoms with E-state index in [0.29, 0.717) is 0 Å². The molecule has 0 saturated heterocycles. The van der Waals surface area contributed by atoms with E-state index in [1.807, 2.05) is 54.7 Å². The molecule has 2 aromatic rings. The molecule has 2 amide bonds. The van der Waals surface area contributed by atoms with Crippen LogP contribution in [0.15, 0.2) is 24.5 Å². The third-order valence-corrected chi connectivity index (χ3v) is 6.14.